The fourth-order valence-electron chi connectivity index (χ4n) is 2.52. The fourth-order valence-corrected chi connectivity index (χ4v) is 2.52. The van der Waals surface area contributed by atoms with Crippen LogP contribution in [0.25, 0.3) is 0 Å². The highest BCUT2D eigenvalue weighted by molar-refractivity contribution is 5.93. The highest BCUT2D eigenvalue weighted by atomic mass is 19.1. The number of hydrogen-bond acceptors (Lipinski definition) is 2. The Balaban J connectivity index is 2.02. The zero-order chi connectivity index (χ0) is 14.7. The lowest BCUT2D eigenvalue weighted by Gasteiger charge is -2.25. The zero-order valence-electron chi connectivity index (χ0n) is 10.7. The van der Waals surface area contributed by atoms with Crippen molar-refractivity contribution in [2.45, 2.75) is 25.7 Å². The lowest BCUT2D eigenvalue weighted by atomic mass is 9.81. The van der Waals surface area contributed by atoms with E-state index < -0.39 is 29.4 Å². The van der Waals surface area contributed by atoms with Crippen LogP contribution in [0.15, 0.2) is 18.2 Å². The molecule has 20 heavy (non-hydrogen) atoms. The minimum absolute atomic E-state index is 0.0462. The van der Waals surface area contributed by atoms with Gasteiger partial charge in [0.2, 0.25) is 5.91 Å². The van der Waals surface area contributed by atoms with E-state index in [0.29, 0.717) is 19.3 Å². The first kappa shape index (κ1) is 14.4. The number of aliphatic carboxylic acids is 1. The number of carboxylic acids is 1. The van der Waals surface area contributed by atoms with Crippen LogP contribution < -0.4 is 5.32 Å². The minimum Gasteiger partial charge on any atom is -0.481 e. The Morgan fingerprint density at radius 3 is 2.30 bits per heavy atom. The molecule has 1 aromatic carbocycles. The first-order chi connectivity index (χ1) is 9.45. The molecular weight excluding hydrogens is 268 g/mol. The SMILES string of the molecule is O=C(O)[C@@H]1CCC[C@H](C(=O)Nc2cc(F)cc(F)c2)C1. The molecule has 0 aromatic heterocycles. The Morgan fingerprint density at radius 1 is 1.10 bits per heavy atom. The maximum atomic E-state index is 13.0. The van der Waals surface area contributed by atoms with Crippen molar-refractivity contribution in [1.29, 1.82) is 0 Å². The first-order valence-electron chi connectivity index (χ1n) is 6.45. The molecule has 1 aliphatic carbocycles. The molecule has 1 saturated carbocycles. The number of hydrogen-bond donors (Lipinski definition) is 2. The average Bonchev–Trinajstić information content (AvgIpc) is 2.37. The number of nitrogens with one attached hydrogen (secondary N) is 1. The van der Waals surface area contributed by atoms with Gasteiger partial charge in [0.15, 0.2) is 0 Å². The molecule has 0 heterocycles. The van der Waals surface area contributed by atoms with Crippen LogP contribution in [0.1, 0.15) is 25.7 Å². The maximum Gasteiger partial charge on any atom is 0.306 e. The lowest BCUT2D eigenvalue weighted by molar-refractivity contribution is -0.143. The van der Waals surface area contributed by atoms with Gasteiger partial charge < -0.3 is 10.4 Å². The number of carbonyl (C=O) groups excluding carboxylic acids is 1. The Morgan fingerprint density at radius 2 is 1.70 bits per heavy atom. The van der Waals surface area contributed by atoms with Crippen molar-refractivity contribution in [2.24, 2.45) is 11.8 Å². The predicted molar refractivity (Wildman–Crippen MR) is 68.1 cm³/mol. The quantitative estimate of drug-likeness (QED) is 0.896. The third kappa shape index (κ3) is 3.53. The number of amides is 1. The molecule has 4 nitrogen and oxygen atoms in total. The van der Waals surface area contributed by atoms with Gasteiger partial charge in [0, 0.05) is 17.7 Å². The molecule has 2 N–H and O–H groups in total. The van der Waals surface area contributed by atoms with Crippen molar-refractivity contribution < 1.29 is 23.5 Å². The van der Waals surface area contributed by atoms with Crippen molar-refractivity contribution in [1.82, 2.24) is 0 Å². The zero-order valence-corrected chi connectivity index (χ0v) is 10.7. The first-order valence-corrected chi connectivity index (χ1v) is 6.45. The summed E-state index contributed by atoms with van der Waals surface area (Å²) in [6, 6.07) is 2.77. The summed E-state index contributed by atoms with van der Waals surface area (Å²) in [4.78, 5) is 22.9. The van der Waals surface area contributed by atoms with E-state index in [4.69, 9.17) is 5.11 Å². The Bertz CT molecular complexity index is 513. The van der Waals surface area contributed by atoms with E-state index in [9.17, 15) is 18.4 Å². The van der Waals surface area contributed by atoms with E-state index in [1.807, 2.05) is 0 Å². The third-order valence-corrected chi connectivity index (χ3v) is 3.52. The van der Waals surface area contributed by atoms with E-state index >= 15 is 0 Å². The molecule has 0 radical (unpaired) electrons. The van der Waals surface area contributed by atoms with Crippen molar-refractivity contribution in [3.63, 3.8) is 0 Å². The standard InChI is InChI=1S/C14H15F2NO3/c15-10-5-11(16)7-12(6-10)17-13(18)8-2-1-3-9(4-8)14(19)20/h5-9H,1-4H2,(H,17,18)(H,19,20)/t8-,9+/m0/s1. The smallest absolute Gasteiger partial charge is 0.306 e. The van der Waals surface area contributed by atoms with Gasteiger partial charge in [0.25, 0.3) is 0 Å². The van der Waals surface area contributed by atoms with Crippen LogP contribution in [0.5, 0.6) is 0 Å². The van der Waals surface area contributed by atoms with Crippen LogP contribution in [-0.2, 0) is 9.59 Å². The van der Waals surface area contributed by atoms with Crippen LogP contribution in [0.4, 0.5) is 14.5 Å². The molecule has 108 valence electrons. The summed E-state index contributed by atoms with van der Waals surface area (Å²) in [6.07, 6.45) is 2.08. The molecule has 0 unspecified atom stereocenters. The largest absolute Gasteiger partial charge is 0.481 e. The second-order valence-electron chi connectivity index (χ2n) is 5.05. The van der Waals surface area contributed by atoms with Crippen LogP contribution in [0.2, 0.25) is 0 Å². The van der Waals surface area contributed by atoms with Gasteiger partial charge in [0.05, 0.1) is 5.92 Å². The van der Waals surface area contributed by atoms with Gasteiger partial charge in [-0.25, -0.2) is 8.78 Å². The molecule has 1 aromatic rings. The van der Waals surface area contributed by atoms with Crippen LogP contribution >= 0.6 is 0 Å². The molecule has 6 heteroatoms. The van der Waals surface area contributed by atoms with Gasteiger partial charge in [-0.2, -0.15) is 0 Å². The summed E-state index contributed by atoms with van der Waals surface area (Å²) in [5, 5.41) is 11.4. The van der Waals surface area contributed by atoms with E-state index in [0.717, 1.165) is 18.2 Å². The van der Waals surface area contributed by atoms with Crippen LogP contribution in [0, 0.1) is 23.5 Å². The normalized spacial score (nSPS) is 22.3. The van der Waals surface area contributed by atoms with E-state index in [-0.39, 0.29) is 18.0 Å². The van der Waals surface area contributed by atoms with Crippen molar-refractivity contribution in [3.05, 3.63) is 29.8 Å². The van der Waals surface area contributed by atoms with Gasteiger partial charge in [0.1, 0.15) is 11.6 Å². The molecule has 2 rings (SSSR count). The molecular formula is C14H15F2NO3. The van der Waals surface area contributed by atoms with E-state index in [1.54, 1.807) is 0 Å². The predicted octanol–water partition coefficient (Wildman–Crippen LogP) is 2.79. The number of anilines is 1. The number of carboxylic acid groups (broad SMARTS) is 1. The number of carbonyl (C=O) groups is 2. The van der Waals surface area contributed by atoms with Gasteiger partial charge >= 0.3 is 5.97 Å². The maximum absolute atomic E-state index is 13.0. The van der Waals surface area contributed by atoms with E-state index in [2.05, 4.69) is 5.32 Å². The summed E-state index contributed by atoms with van der Waals surface area (Å²) in [6.45, 7) is 0. The van der Waals surface area contributed by atoms with Gasteiger partial charge in [-0.1, -0.05) is 6.42 Å². The fraction of sp³-hybridized carbons (Fsp3) is 0.429. The van der Waals surface area contributed by atoms with Crippen molar-refractivity contribution in [3.8, 4) is 0 Å². The molecule has 0 aliphatic heterocycles. The lowest BCUT2D eigenvalue weighted by Crippen LogP contribution is -2.31. The molecule has 0 saturated heterocycles. The van der Waals surface area contributed by atoms with E-state index in [1.165, 1.54) is 0 Å². The van der Waals surface area contributed by atoms with Crippen molar-refractivity contribution >= 4 is 17.6 Å². The summed E-state index contributed by atoms with van der Waals surface area (Å²) >= 11 is 0. The number of rotatable bonds is 3. The number of halogens is 2. The topological polar surface area (TPSA) is 66.4 Å². The Kier molecular flexibility index (Phi) is 4.32. The molecule has 0 bridgehead atoms. The van der Waals surface area contributed by atoms with Crippen LogP contribution in [-0.4, -0.2) is 17.0 Å². The Labute approximate surface area is 114 Å². The third-order valence-electron chi connectivity index (χ3n) is 3.52. The average molecular weight is 283 g/mol. The number of benzene rings is 1. The van der Waals surface area contributed by atoms with Crippen molar-refractivity contribution in [2.75, 3.05) is 5.32 Å². The summed E-state index contributed by atoms with van der Waals surface area (Å²) in [5.74, 6) is -3.79. The van der Waals surface area contributed by atoms with Gasteiger partial charge in [-0.05, 0) is 31.4 Å². The summed E-state index contributed by atoms with van der Waals surface area (Å²) < 4.78 is 26.0. The second-order valence-corrected chi connectivity index (χ2v) is 5.05. The minimum atomic E-state index is -0.903. The molecule has 1 aliphatic rings. The molecule has 1 fully saturated rings. The summed E-state index contributed by atoms with van der Waals surface area (Å²) in [5.41, 5.74) is 0.0462. The summed E-state index contributed by atoms with van der Waals surface area (Å²) in [7, 11) is 0. The molecule has 1 amide bonds. The highest BCUT2D eigenvalue weighted by Gasteiger charge is 2.31. The second kappa shape index (κ2) is 5.98. The monoisotopic (exact) mass is 283 g/mol. The molecule has 0 spiro atoms. The van der Waals surface area contributed by atoms with Gasteiger partial charge in [-0.15, -0.1) is 0 Å². The Hall–Kier alpha value is -1.98. The highest BCUT2D eigenvalue weighted by Crippen LogP contribution is 2.30. The van der Waals surface area contributed by atoms with Crippen LogP contribution in [0.3, 0.4) is 0 Å². The van der Waals surface area contributed by atoms with Gasteiger partial charge in [-0.3, -0.25) is 9.59 Å². The molecule has 2 atom stereocenters.